The summed E-state index contributed by atoms with van der Waals surface area (Å²) in [5, 5.41) is 4.88. The third-order valence-electron chi connectivity index (χ3n) is 2.65. The molecule has 2 aromatic carbocycles. The maximum Gasteiger partial charge on any atom is 0.0598 e. The molecule has 0 heterocycles. The molecule has 2 aromatic rings. The summed E-state index contributed by atoms with van der Waals surface area (Å²) in [5.74, 6) is 0. The zero-order chi connectivity index (χ0) is 13.1. The van der Waals surface area contributed by atoms with Crippen LogP contribution in [0.3, 0.4) is 0 Å². The Balaban J connectivity index is 2.41. The van der Waals surface area contributed by atoms with Gasteiger partial charge in [0.2, 0.25) is 0 Å². The molecule has 0 aliphatic heterocycles. The highest BCUT2D eigenvalue weighted by molar-refractivity contribution is 6.42. The lowest BCUT2D eigenvalue weighted by Gasteiger charge is -2.08. The van der Waals surface area contributed by atoms with Gasteiger partial charge >= 0.3 is 0 Å². The first-order chi connectivity index (χ1) is 8.61. The number of nitrogens with one attached hydrogen (secondary N) is 1. The molecule has 0 fully saturated rings. The minimum absolute atomic E-state index is 0.532. The molecule has 0 radical (unpaired) electrons. The van der Waals surface area contributed by atoms with Crippen molar-refractivity contribution < 1.29 is 0 Å². The molecule has 0 spiro atoms. The SMILES string of the molecule is CNCc1ccc(-c2ccc(Cl)c(Cl)c2)c(Cl)c1. The number of halogens is 3. The summed E-state index contributed by atoms with van der Waals surface area (Å²) in [7, 11) is 1.90. The highest BCUT2D eigenvalue weighted by Gasteiger charge is 2.06. The number of benzene rings is 2. The molecule has 0 unspecified atom stereocenters. The monoisotopic (exact) mass is 299 g/mol. The first-order valence-electron chi connectivity index (χ1n) is 5.50. The fraction of sp³-hybridized carbons (Fsp3) is 0.143. The molecule has 0 aliphatic carbocycles. The molecule has 0 bridgehead atoms. The average Bonchev–Trinajstić information content (AvgIpc) is 2.34. The Morgan fingerprint density at radius 3 is 2.28 bits per heavy atom. The number of rotatable bonds is 3. The Labute approximate surface area is 122 Å². The first kappa shape index (κ1) is 13.7. The van der Waals surface area contributed by atoms with Crippen LogP contribution in [0.2, 0.25) is 15.1 Å². The molecular weight excluding hydrogens is 289 g/mol. The largest absolute Gasteiger partial charge is 0.316 e. The van der Waals surface area contributed by atoms with Crippen LogP contribution < -0.4 is 5.32 Å². The van der Waals surface area contributed by atoms with E-state index in [2.05, 4.69) is 5.32 Å². The van der Waals surface area contributed by atoms with E-state index in [0.717, 1.165) is 23.2 Å². The van der Waals surface area contributed by atoms with Gasteiger partial charge in [-0.1, -0.05) is 53.0 Å². The van der Waals surface area contributed by atoms with Crippen LogP contribution in [0.1, 0.15) is 5.56 Å². The lowest BCUT2D eigenvalue weighted by Crippen LogP contribution is -2.04. The smallest absolute Gasteiger partial charge is 0.0598 e. The van der Waals surface area contributed by atoms with Gasteiger partial charge in [0.05, 0.1) is 10.0 Å². The van der Waals surface area contributed by atoms with Crippen LogP contribution >= 0.6 is 34.8 Å². The summed E-state index contributed by atoms with van der Waals surface area (Å²) in [4.78, 5) is 0. The predicted octanol–water partition coefficient (Wildman–Crippen LogP) is 5.03. The van der Waals surface area contributed by atoms with Crippen molar-refractivity contribution in [2.45, 2.75) is 6.54 Å². The molecule has 1 N–H and O–H groups in total. The Morgan fingerprint density at radius 2 is 1.67 bits per heavy atom. The van der Waals surface area contributed by atoms with Crippen LogP contribution in [-0.2, 0) is 6.54 Å². The summed E-state index contributed by atoms with van der Waals surface area (Å²) >= 11 is 18.2. The summed E-state index contributed by atoms with van der Waals surface area (Å²) in [6.07, 6.45) is 0. The van der Waals surface area contributed by atoms with E-state index in [1.807, 2.05) is 37.4 Å². The van der Waals surface area contributed by atoms with Gasteiger partial charge in [-0.15, -0.1) is 0 Å². The Kier molecular flexibility index (Phi) is 4.52. The lowest BCUT2D eigenvalue weighted by atomic mass is 10.0. The van der Waals surface area contributed by atoms with E-state index in [-0.39, 0.29) is 0 Å². The van der Waals surface area contributed by atoms with E-state index in [1.165, 1.54) is 0 Å². The normalized spacial score (nSPS) is 10.7. The zero-order valence-electron chi connectivity index (χ0n) is 9.81. The molecule has 0 saturated carbocycles. The summed E-state index contributed by atoms with van der Waals surface area (Å²) in [6, 6.07) is 11.5. The second-order valence-corrected chi connectivity index (χ2v) is 5.20. The van der Waals surface area contributed by atoms with Crippen molar-refractivity contribution in [1.82, 2.24) is 5.32 Å². The predicted molar refractivity (Wildman–Crippen MR) is 79.7 cm³/mol. The van der Waals surface area contributed by atoms with E-state index in [1.54, 1.807) is 6.07 Å². The number of hydrogen-bond donors (Lipinski definition) is 1. The summed E-state index contributed by atoms with van der Waals surface area (Å²) in [6.45, 7) is 0.793. The van der Waals surface area contributed by atoms with E-state index in [9.17, 15) is 0 Å². The molecule has 0 saturated heterocycles. The standard InChI is InChI=1S/C14H12Cl3N/c1-18-8-9-2-4-11(13(16)6-9)10-3-5-12(15)14(17)7-10/h2-7,18H,8H2,1H3. The van der Waals surface area contributed by atoms with Crippen LogP contribution in [0.5, 0.6) is 0 Å². The quantitative estimate of drug-likeness (QED) is 0.838. The molecule has 0 atom stereocenters. The topological polar surface area (TPSA) is 12.0 Å². The molecule has 1 nitrogen and oxygen atoms in total. The van der Waals surface area contributed by atoms with Gasteiger partial charge in [-0.2, -0.15) is 0 Å². The van der Waals surface area contributed by atoms with Gasteiger partial charge in [0, 0.05) is 17.1 Å². The van der Waals surface area contributed by atoms with Crippen molar-refractivity contribution in [2.75, 3.05) is 7.05 Å². The summed E-state index contributed by atoms with van der Waals surface area (Å²) in [5.41, 5.74) is 3.06. The van der Waals surface area contributed by atoms with Gasteiger partial charge in [0.1, 0.15) is 0 Å². The minimum Gasteiger partial charge on any atom is -0.316 e. The third kappa shape index (κ3) is 2.99. The van der Waals surface area contributed by atoms with Crippen LogP contribution in [0, 0.1) is 0 Å². The zero-order valence-corrected chi connectivity index (χ0v) is 12.1. The van der Waals surface area contributed by atoms with Crippen molar-refractivity contribution in [1.29, 1.82) is 0 Å². The van der Waals surface area contributed by atoms with Crippen LogP contribution in [-0.4, -0.2) is 7.05 Å². The molecule has 18 heavy (non-hydrogen) atoms. The fourth-order valence-corrected chi connectivity index (χ4v) is 2.38. The van der Waals surface area contributed by atoms with E-state index < -0.39 is 0 Å². The Hall–Kier alpha value is -0.730. The Bertz CT molecular complexity index is 567. The molecule has 0 amide bonds. The molecular formula is C14H12Cl3N. The molecule has 0 aliphatic rings. The van der Waals surface area contributed by atoms with E-state index >= 15 is 0 Å². The van der Waals surface area contributed by atoms with Crippen LogP contribution in [0.15, 0.2) is 36.4 Å². The second kappa shape index (κ2) is 5.94. The van der Waals surface area contributed by atoms with Gasteiger partial charge in [0.15, 0.2) is 0 Å². The third-order valence-corrected chi connectivity index (χ3v) is 3.70. The molecule has 2 rings (SSSR count). The van der Waals surface area contributed by atoms with Crippen molar-refractivity contribution in [3.8, 4) is 11.1 Å². The molecule has 94 valence electrons. The first-order valence-corrected chi connectivity index (χ1v) is 6.63. The van der Waals surface area contributed by atoms with Gasteiger partial charge in [-0.05, 0) is 36.4 Å². The van der Waals surface area contributed by atoms with Gasteiger partial charge in [0.25, 0.3) is 0 Å². The van der Waals surface area contributed by atoms with E-state index in [0.29, 0.717) is 15.1 Å². The second-order valence-electron chi connectivity index (χ2n) is 3.97. The highest BCUT2D eigenvalue weighted by atomic mass is 35.5. The maximum absolute atomic E-state index is 6.29. The fourth-order valence-electron chi connectivity index (χ4n) is 1.77. The summed E-state index contributed by atoms with van der Waals surface area (Å²) < 4.78 is 0. The molecule has 4 heteroatoms. The maximum atomic E-state index is 6.29. The number of hydrogen-bond acceptors (Lipinski definition) is 1. The van der Waals surface area contributed by atoms with Gasteiger partial charge in [-0.25, -0.2) is 0 Å². The van der Waals surface area contributed by atoms with E-state index in [4.69, 9.17) is 34.8 Å². The lowest BCUT2D eigenvalue weighted by molar-refractivity contribution is 0.818. The van der Waals surface area contributed by atoms with Crippen molar-refractivity contribution in [3.63, 3.8) is 0 Å². The van der Waals surface area contributed by atoms with Gasteiger partial charge < -0.3 is 5.32 Å². The molecule has 0 aromatic heterocycles. The minimum atomic E-state index is 0.532. The van der Waals surface area contributed by atoms with Crippen LogP contribution in [0.4, 0.5) is 0 Å². The van der Waals surface area contributed by atoms with Crippen LogP contribution in [0.25, 0.3) is 11.1 Å². The highest BCUT2D eigenvalue weighted by Crippen LogP contribution is 2.33. The van der Waals surface area contributed by atoms with Crippen molar-refractivity contribution in [2.24, 2.45) is 0 Å². The van der Waals surface area contributed by atoms with Crippen molar-refractivity contribution in [3.05, 3.63) is 57.0 Å². The van der Waals surface area contributed by atoms with Gasteiger partial charge in [-0.3, -0.25) is 0 Å². The van der Waals surface area contributed by atoms with Crippen molar-refractivity contribution >= 4 is 34.8 Å². The Morgan fingerprint density at radius 1 is 0.889 bits per heavy atom. The average molecular weight is 301 g/mol.